The largest absolute Gasteiger partial charge is 0.338 e. The molecule has 28 heavy (non-hydrogen) atoms. The maximum Gasteiger partial charge on any atom is 0.255 e. The van der Waals surface area contributed by atoms with Gasteiger partial charge in [-0.2, -0.15) is 0 Å². The first kappa shape index (κ1) is 20.6. The van der Waals surface area contributed by atoms with E-state index in [2.05, 4.69) is 28.3 Å². The first-order valence-corrected chi connectivity index (χ1v) is 11.6. The molecule has 1 saturated heterocycles. The van der Waals surface area contributed by atoms with Crippen molar-refractivity contribution in [1.29, 1.82) is 0 Å². The summed E-state index contributed by atoms with van der Waals surface area (Å²) < 4.78 is 27.4. The van der Waals surface area contributed by atoms with Crippen molar-refractivity contribution in [2.24, 2.45) is 5.92 Å². The molecule has 0 saturated carbocycles. The molecule has 1 N–H and O–H groups in total. The van der Waals surface area contributed by atoms with Gasteiger partial charge in [-0.1, -0.05) is 18.2 Å². The van der Waals surface area contributed by atoms with E-state index in [9.17, 15) is 13.2 Å². The van der Waals surface area contributed by atoms with Crippen molar-refractivity contribution in [3.63, 3.8) is 0 Å². The van der Waals surface area contributed by atoms with Gasteiger partial charge >= 0.3 is 0 Å². The van der Waals surface area contributed by atoms with Crippen LogP contribution >= 0.6 is 0 Å². The Balaban J connectivity index is 1.81. The number of carbonyl (C=O) groups is 1. The van der Waals surface area contributed by atoms with Crippen LogP contribution < -0.4 is 4.72 Å². The Kier molecular flexibility index (Phi) is 5.95. The first-order valence-electron chi connectivity index (χ1n) is 9.66. The number of amides is 1. The van der Waals surface area contributed by atoms with Crippen LogP contribution in [-0.4, -0.2) is 49.7 Å². The molecule has 1 atom stereocenters. The van der Waals surface area contributed by atoms with E-state index in [1.807, 2.05) is 36.9 Å². The van der Waals surface area contributed by atoms with Gasteiger partial charge in [0.1, 0.15) is 0 Å². The number of hydrogen-bond donors (Lipinski definition) is 1. The molecule has 7 heteroatoms. The average Bonchev–Trinajstić information content (AvgIpc) is 2.94. The predicted octanol–water partition coefficient (Wildman–Crippen LogP) is 2.80. The highest BCUT2D eigenvalue weighted by molar-refractivity contribution is 7.88. The van der Waals surface area contributed by atoms with Crippen LogP contribution in [0.4, 0.5) is 0 Å². The van der Waals surface area contributed by atoms with Gasteiger partial charge in [0.15, 0.2) is 0 Å². The van der Waals surface area contributed by atoms with Gasteiger partial charge in [-0.25, -0.2) is 13.1 Å². The van der Waals surface area contributed by atoms with Crippen LogP contribution in [0, 0.1) is 26.7 Å². The fourth-order valence-corrected chi connectivity index (χ4v) is 4.56. The van der Waals surface area contributed by atoms with Crippen LogP contribution in [0.2, 0.25) is 0 Å². The van der Waals surface area contributed by atoms with E-state index in [4.69, 9.17) is 0 Å². The Hall–Kier alpha value is -2.12. The molecule has 1 fully saturated rings. The topological polar surface area (TPSA) is 71.4 Å². The van der Waals surface area contributed by atoms with Crippen molar-refractivity contribution in [1.82, 2.24) is 14.2 Å². The highest BCUT2D eigenvalue weighted by atomic mass is 32.2. The third-order valence-corrected chi connectivity index (χ3v) is 6.15. The number of nitrogens with zero attached hydrogens (tertiary/aromatic N) is 2. The summed E-state index contributed by atoms with van der Waals surface area (Å²) in [4.78, 5) is 15.1. The lowest BCUT2D eigenvalue weighted by Crippen LogP contribution is -2.43. The molecular formula is C21H29N3O3S. The number of aryl methyl sites for hydroxylation is 2. The van der Waals surface area contributed by atoms with Gasteiger partial charge in [0, 0.05) is 36.7 Å². The summed E-state index contributed by atoms with van der Waals surface area (Å²) in [5, 5.41) is 0. The van der Waals surface area contributed by atoms with Gasteiger partial charge in [-0.15, -0.1) is 0 Å². The molecule has 2 aromatic rings. The van der Waals surface area contributed by atoms with Crippen molar-refractivity contribution in [2.75, 3.05) is 25.9 Å². The van der Waals surface area contributed by atoms with Crippen molar-refractivity contribution in [2.45, 2.75) is 33.6 Å². The van der Waals surface area contributed by atoms with Crippen LogP contribution in [-0.2, 0) is 10.0 Å². The second-order valence-corrected chi connectivity index (χ2v) is 9.62. The molecule has 1 aliphatic heterocycles. The van der Waals surface area contributed by atoms with Crippen molar-refractivity contribution in [3.8, 4) is 5.69 Å². The molecule has 0 unspecified atom stereocenters. The number of rotatable bonds is 5. The molecule has 0 spiro atoms. The summed E-state index contributed by atoms with van der Waals surface area (Å²) >= 11 is 0. The first-order chi connectivity index (χ1) is 13.2. The number of benzene rings is 1. The number of piperidine rings is 1. The number of para-hydroxylation sites is 1. The summed E-state index contributed by atoms with van der Waals surface area (Å²) in [6.45, 7) is 7.74. The minimum absolute atomic E-state index is 0.0250. The van der Waals surface area contributed by atoms with Crippen LogP contribution in [0.1, 0.15) is 40.2 Å². The van der Waals surface area contributed by atoms with Gasteiger partial charge in [0.2, 0.25) is 10.0 Å². The molecular weight excluding hydrogens is 374 g/mol. The Labute approximate surface area is 167 Å². The highest BCUT2D eigenvalue weighted by Gasteiger charge is 2.27. The summed E-state index contributed by atoms with van der Waals surface area (Å²) in [5.41, 5.74) is 4.94. The Bertz CT molecular complexity index is 979. The summed E-state index contributed by atoms with van der Waals surface area (Å²) in [7, 11) is -3.21. The van der Waals surface area contributed by atoms with Crippen LogP contribution in [0.3, 0.4) is 0 Å². The average molecular weight is 404 g/mol. The number of hydrogen-bond acceptors (Lipinski definition) is 3. The molecule has 1 aromatic carbocycles. The predicted molar refractivity (Wildman–Crippen MR) is 111 cm³/mol. The van der Waals surface area contributed by atoms with Crippen molar-refractivity contribution < 1.29 is 13.2 Å². The Morgan fingerprint density at radius 1 is 1.21 bits per heavy atom. The van der Waals surface area contributed by atoms with Gasteiger partial charge in [-0.05, 0) is 57.2 Å². The zero-order valence-electron chi connectivity index (χ0n) is 17.0. The molecule has 152 valence electrons. The highest BCUT2D eigenvalue weighted by Crippen LogP contribution is 2.26. The number of carbonyl (C=O) groups excluding carboxylic acids is 1. The molecule has 0 radical (unpaired) electrons. The molecule has 0 aliphatic carbocycles. The minimum atomic E-state index is -3.21. The third-order valence-electron chi connectivity index (χ3n) is 5.46. The fourth-order valence-electron chi connectivity index (χ4n) is 4.02. The quantitative estimate of drug-likeness (QED) is 0.834. The van der Waals surface area contributed by atoms with Crippen LogP contribution in [0.25, 0.3) is 5.69 Å². The summed E-state index contributed by atoms with van der Waals surface area (Å²) in [6.07, 6.45) is 2.98. The van der Waals surface area contributed by atoms with Crippen LogP contribution in [0.15, 0.2) is 30.3 Å². The van der Waals surface area contributed by atoms with E-state index >= 15 is 0 Å². The Morgan fingerprint density at radius 2 is 1.93 bits per heavy atom. The second kappa shape index (κ2) is 8.09. The second-order valence-electron chi connectivity index (χ2n) is 7.79. The smallest absolute Gasteiger partial charge is 0.255 e. The zero-order valence-corrected chi connectivity index (χ0v) is 17.8. The number of likely N-dealkylation sites (tertiary alicyclic amines) is 1. The van der Waals surface area contributed by atoms with Gasteiger partial charge in [0.05, 0.1) is 11.8 Å². The van der Waals surface area contributed by atoms with E-state index in [0.29, 0.717) is 19.6 Å². The lowest BCUT2D eigenvalue weighted by molar-refractivity contribution is 0.0675. The van der Waals surface area contributed by atoms with E-state index in [-0.39, 0.29) is 11.8 Å². The third kappa shape index (κ3) is 4.47. The molecule has 2 heterocycles. The molecule has 3 rings (SSSR count). The number of nitrogens with one attached hydrogen (secondary N) is 1. The molecule has 0 bridgehead atoms. The maximum absolute atomic E-state index is 13.2. The lowest BCUT2D eigenvalue weighted by Gasteiger charge is -2.32. The summed E-state index contributed by atoms with van der Waals surface area (Å²) in [5.74, 6) is 0.171. The standard InChI is InChI=1S/C21H29N3O3S/c1-15-8-5-6-10-20(15)24-16(2)12-19(17(24)3)21(25)23-11-7-9-18(14-23)13-22-28(4,26)27/h5-6,8,10,12,18,22H,7,9,11,13-14H2,1-4H3/t18-/m1/s1. The van der Waals surface area contributed by atoms with Gasteiger partial charge in [0.25, 0.3) is 5.91 Å². The minimum Gasteiger partial charge on any atom is -0.338 e. The van der Waals surface area contributed by atoms with E-state index in [0.717, 1.165) is 41.0 Å². The van der Waals surface area contributed by atoms with Crippen LogP contribution in [0.5, 0.6) is 0 Å². The fraction of sp³-hybridized carbons (Fsp3) is 0.476. The number of aromatic nitrogens is 1. The summed E-state index contributed by atoms with van der Waals surface area (Å²) in [6, 6.07) is 10.1. The lowest BCUT2D eigenvalue weighted by atomic mass is 9.97. The Morgan fingerprint density at radius 3 is 2.61 bits per heavy atom. The molecule has 1 aromatic heterocycles. The van der Waals surface area contributed by atoms with E-state index in [1.54, 1.807) is 0 Å². The normalized spacial score (nSPS) is 17.7. The SMILES string of the molecule is Cc1ccccc1-n1c(C)cc(C(=O)N2CCC[C@H](CNS(C)(=O)=O)C2)c1C. The number of sulfonamides is 1. The molecule has 1 amide bonds. The molecule has 1 aliphatic rings. The zero-order chi connectivity index (χ0) is 20.5. The van der Waals surface area contributed by atoms with Gasteiger partial charge < -0.3 is 9.47 Å². The van der Waals surface area contributed by atoms with E-state index in [1.165, 1.54) is 6.26 Å². The monoisotopic (exact) mass is 403 g/mol. The van der Waals surface area contributed by atoms with Gasteiger partial charge in [-0.3, -0.25) is 4.79 Å². The maximum atomic E-state index is 13.2. The molecule has 6 nitrogen and oxygen atoms in total. The van der Waals surface area contributed by atoms with Crippen molar-refractivity contribution in [3.05, 3.63) is 52.8 Å². The van der Waals surface area contributed by atoms with Crippen molar-refractivity contribution >= 4 is 15.9 Å². The van der Waals surface area contributed by atoms with E-state index < -0.39 is 10.0 Å².